The van der Waals surface area contributed by atoms with Gasteiger partial charge in [-0.25, -0.2) is 13.8 Å². The zero-order valence-corrected chi connectivity index (χ0v) is 14.7. The van der Waals surface area contributed by atoms with Crippen molar-refractivity contribution < 1.29 is 18.5 Å². The van der Waals surface area contributed by atoms with Crippen LogP contribution in [0.5, 0.6) is 0 Å². The van der Waals surface area contributed by atoms with E-state index in [1.807, 2.05) is 0 Å². The summed E-state index contributed by atoms with van der Waals surface area (Å²) in [4.78, 5) is 26.9. The van der Waals surface area contributed by atoms with Gasteiger partial charge in [-0.1, -0.05) is 0 Å². The van der Waals surface area contributed by atoms with E-state index in [0.717, 1.165) is 12.1 Å². The summed E-state index contributed by atoms with van der Waals surface area (Å²) in [6.07, 6.45) is 3.25. The summed E-state index contributed by atoms with van der Waals surface area (Å²) in [7, 11) is 0. The number of hydrogen-bond acceptors (Lipinski definition) is 4. The largest absolute Gasteiger partial charge is 0.321 e. The van der Waals surface area contributed by atoms with E-state index in [0.29, 0.717) is 22.6 Å². The number of nitro benzene ring substituents is 1. The molecule has 1 N–H and O–H groups in total. The van der Waals surface area contributed by atoms with Gasteiger partial charge in [0.1, 0.15) is 5.65 Å². The highest BCUT2D eigenvalue weighted by atomic mass is 19.2. The van der Waals surface area contributed by atoms with Crippen molar-refractivity contribution in [1.82, 2.24) is 9.38 Å². The topological polar surface area (TPSA) is 89.5 Å². The Balaban J connectivity index is 1.57. The Morgan fingerprint density at radius 1 is 1.00 bits per heavy atom. The summed E-state index contributed by atoms with van der Waals surface area (Å²) in [5, 5.41) is 13.4. The molecule has 0 unspecified atom stereocenters. The quantitative estimate of drug-likeness (QED) is 0.409. The predicted octanol–water partition coefficient (Wildman–Crippen LogP) is 4.44. The minimum atomic E-state index is -0.962. The molecule has 0 bridgehead atoms. The summed E-state index contributed by atoms with van der Waals surface area (Å²) >= 11 is 0. The van der Waals surface area contributed by atoms with Crippen molar-refractivity contribution in [1.29, 1.82) is 0 Å². The molecule has 9 heteroatoms. The number of benzene rings is 2. The van der Waals surface area contributed by atoms with Gasteiger partial charge in [0.25, 0.3) is 11.6 Å². The van der Waals surface area contributed by atoms with Gasteiger partial charge in [0.2, 0.25) is 0 Å². The van der Waals surface area contributed by atoms with Crippen LogP contribution in [0.3, 0.4) is 0 Å². The molecule has 0 aliphatic rings. The third-order valence-corrected chi connectivity index (χ3v) is 4.26. The number of nitrogens with one attached hydrogen (secondary N) is 1. The number of non-ortho nitro benzene ring substituents is 1. The Kier molecular flexibility index (Phi) is 4.47. The number of halogens is 2. The van der Waals surface area contributed by atoms with E-state index in [4.69, 9.17) is 0 Å². The third-order valence-electron chi connectivity index (χ3n) is 4.26. The maximum atomic E-state index is 13.5. The van der Waals surface area contributed by atoms with E-state index in [1.54, 1.807) is 28.9 Å². The van der Waals surface area contributed by atoms with Crippen molar-refractivity contribution in [3.8, 4) is 11.3 Å². The summed E-state index contributed by atoms with van der Waals surface area (Å²) in [6, 6.07) is 12.1. The molecule has 4 aromatic rings. The van der Waals surface area contributed by atoms with Crippen molar-refractivity contribution in [2.24, 2.45) is 0 Å². The van der Waals surface area contributed by atoms with E-state index < -0.39 is 22.5 Å². The van der Waals surface area contributed by atoms with Crippen molar-refractivity contribution in [3.05, 3.63) is 94.3 Å². The first-order valence-electron chi connectivity index (χ1n) is 8.41. The first-order valence-corrected chi connectivity index (χ1v) is 8.41. The Hall–Kier alpha value is -4.14. The monoisotopic (exact) mass is 394 g/mol. The molecular weight excluding hydrogens is 382 g/mol. The maximum absolute atomic E-state index is 13.5. The van der Waals surface area contributed by atoms with E-state index in [9.17, 15) is 23.7 Å². The van der Waals surface area contributed by atoms with Crippen LogP contribution in [0.2, 0.25) is 0 Å². The number of carbonyl (C=O) groups excluding carboxylic acids is 1. The van der Waals surface area contributed by atoms with Crippen molar-refractivity contribution in [2.75, 3.05) is 5.32 Å². The van der Waals surface area contributed by atoms with E-state index in [2.05, 4.69) is 10.3 Å². The summed E-state index contributed by atoms with van der Waals surface area (Å²) < 4.78 is 28.2. The van der Waals surface area contributed by atoms with Gasteiger partial charge in [-0.15, -0.1) is 0 Å². The highest BCUT2D eigenvalue weighted by Crippen LogP contribution is 2.23. The van der Waals surface area contributed by atoms with Gasteiger partial charge in [-0.05, 0) is 42.5 Å². The van der Waals surface area contributed by atoms with Crippen LogP contribution in [0.15, 0.2) is 67.0 Å². The molecule has 4 rings (SSSR count). The van der Waals surface area contributed by atoms with Gasteiger partial charge < -0.3 is 9.72 Å². The first-order chi connectivity index (χ1) is 13.9. The highest BCUT2D eigenvalue weighted by Gasteiger charge is 2.12. The van der Waals surface area contributed by atoms with Crippen LogP contribution in [0, 0.1) is 21.7 Å². The van der Waals surface area contributed by atoms with E-state index in [-0.39, 0.29) is 11.3 Å². The number of fused-ring (bicyclic) bond motifs is 1. The number of nitrogens with zero attached hydrogens (tertiary/aromatic N) is 3. The molecule has 0 radical (unpaired) electrons. The number of amides is 1. The SMILES string of the molecule is O=C(Nc1ccc2nc(-c3ccc(F)c(F)c3)cn2c1)c1ccc([N+](=O)[O-])cc1. The fraction of sp³-hybridized carbons (Fsp3) is 0. The fourth-order valence-electron chi connectivity index (χ4n) is 2.80. The van der Waals surface area contributed by atoms with Gasteiger partial charge in [-0.2, -0.15) is 0 Å². The van der Waals surface area contributed by atoms with Crippen molar-refractivity contribution in [2.45, 2.75) is 0 Å². The number of imidazole rings is 1. The fourth-order valence-corrected chi connectivity index (χ4v) is 2.80. The van der Waals surface area contributed by atoms with E-state index >= 15 is 0 Å². The molecule has 0 spiro atoms. The molecule has 1 amide bonds. The first kappa shape index (κ1) is 18.2. The molecule has 7 nitrogen and oxygen atoms in total. The molecule has 0 aliphatic heterocycles. The van der Waals surface area contributed by atoms with Gasteiger partial charge in [0.05, 0.1) is 16.3 Å². The lowest BCUT2D eigenvalue weighted by Gasteiger charge is -2.05. The predicted molar refractivity (Wildman–Crippen MR) is 102 cm³/mol. The zero-order valence-electron chi connectivity index (χ0n) is 14.7. The van der Waals surface area contributed by atoms with E-state index in [1.165, 1.54) is 30.3 Å². The summed E-state index contributed by atoms with van der Waals surface area (Å²) in [6.45, 7) is 0. The number of hydrogen-bond donors (Lipinski definition) is 1. The second-order valence-electron chi connectivity index (χ2n) is 6.20. The molecular formula is C20H12F2N4O3. The lowest BCUT2D eigenvalue weighted by Crippen LogP contribution is -2.12. The summed E-state index contributed by atoms with van der Waals surface area (Å²) in [5.41, 5.74) is 2.05. The minimum absolute atomic E-state index is 0.105. The zero-order chi connectivity index (χ0) is 20.5. The number of rotatable bonds is 4. The second kappa shape index (κ2) is 7.12. The molecule has 2 aromatic heterocycles. The second-order valence-corrected chi connectivity index (χ2v) is 6.20. The molecule has 0 atom stereocenters. The van der Waals surface area contributed by atoms with Gasteiger partial charge in [0.15, 0.2) is 11.6 Å². The van der Waals surface area contributed by atoms with Crippen LogP contribution in [-0.2, 0) is 0 Å². The molecule has 0 aliphatic carbocycles. The molecule has 2 heterocycles. The van der Waals surface area contributed by atoms with Gasteiger partial charge in [0, 0.05) is 35.7 Å². The molecule has 0 fully saturated rings. The average molecular weight is 394 g/mol. The Bertz CT molecular complexity index is 1250. The smallest absolute Gasteiger partial charge is 0.269 e. The average Bonchev–Trinajstić information content (AvgIpc) is 3.13. The number of pyridine rings is 1. The number of anilines is 1. The Morgan fingerprint density at radius 3 is 2.45 bits per heavy atom. The highest BCUT2D eigenvalue weighted by molar-refractivity contribution is 6.04. The third kappa shape index (κ3) is 3.65. The summed E-state index contributed by atoms with van der Waals surface area (Å²) in [5.74, 6) is -2.33. The molecule has 144 valence electrons. The maximum Gasteiger partial charge on any atom is 0.269 e. The normalized spacial score (nSPS) is 10.8. The van der Waals surface area contributed by atoms with Crippen LogP contribution in [0.25, 0.3) is 16.9 Å². The minimum Gasteiger partial charge on any atom is -0.321 e. The van der Waals surface area contributed by atoms with Crippen LogP contribution < -0.4 is 5.32 Å². The van der Waals surface area contributed by atoms with Crippen LogP contribution in [0.1, 0.15) is 10.4 Å². The van der Waals surface area contributed by atoms with Crippen molar-refractivity contribution >= 4 is 22.9 Å². The Labute approximate surface area is 162 Å². The van der Waals surface area contributed by atoms with Crippen LogP contribution in [0.4, 0.5) is 20.2 Å². The van der Waals surface area contributed by atoms with Gasteiger partial charge in [-0.3, -0.25) is 14.9 Å². The lowest BCUT2D eigenvalue weighted by molar-refractivity contribution is -0.384. The number of aromatic nitrogens is 2. The molecule has 0 saturated heterocycles. The van der Waals surface area contributed by atoms with Crippen LogP contribution in [-0.4, -0.2) is 20.2 Å². The lowest BCUT2D eigenvalue weighted by atomic mass is 10.1. The number of nitro groups is 1. The van der Waals surface area contributed by atoms with Crippen LogP contribution >= 0.6 is 0 Å². The Morgan fingerprint density at radius 2 is 1.76 bits per heavy atom. The molecule has 0 saturated carbocycles. The standard InChI is InChI=1S/C20H12F2N4O3/c21-16-7-3-13(9-17(16)22)18-11-25-10-14(4-8-19(25)24-18)23-20(27)12-1-5-15(6-2-12)26(28)29/h1-11H,(H,23,27). The molecule has 29 heavy (non-hydrogen) atoms. The van der Waals surface area contributed by atoms with Gasteiger partial charge >= 0.3 is 0 Å². The molecule has 2 aromatic carbocycles. The number of carbonyl (C=O) groups is 1. The van der Waals surface area contributed by atoms with Crippen molar-refractivity contribution in [3.63, 3.8) is 0 Å².